The van der Waals surface area contributed by atoms with Crippen LogP contribution >= 0.6 is 0 Å². The summed E-state index contributed by atoms with van der Waals surface area (Å²) in [5.74, 6) is -1.32. The minimum absolute atomic E-state index is 0.0441. The van der Waals surface area contributed by atoms with Crippen molar-refractivity contribution in [2.45, 2.75) is 13.3 Å². The van der Waals surface area contributed by atoms with Gasteiger partial charge in [0.05, 0.1) is 11.3 Å². The largest absolute Gasteiger partial charge is 0.312 e. The van der Waals surface area contributed by atoms with Crippen LogP contribution in [-0.2, 0) is 22.1 Å². The number of carbonyl (C=O) groups excluding carboxylic acids is 1. The fourth-order valence-electron chi connectivity index (χ4n) is 2.91. The van der Waals surface area contributed by atoms with Gasteiger partial charge in [-0.3, -0.25) is 9.48 Å². The predicted octanol–water partition coefficient (Wildman–Crippen LogP) is 1.53. The number of fused-ring (bicyclic) bond motifs is 1. The van der Waals surface area contributed by atoms with Gasteiger partial charge in [-0.2, -0.15) is 13.5 Å². The van der Waals surface area contributed by atoms with Gasteiger partial charge in [-0.1, -0.05) is 0 Å². The molecule has 0 aliphatic carbocycles. The number of amides is 1. The molecule has 0 saturated carbocycles. The van der Waals surface area contributed by atoms with E-state index in [2.05, 4.69) is 5.10 Å². The molecule has 1 atom stereocenters. The van der Waals surface area contributed by atoms with Gasteiger partial charge in [0.25, 0.3) is 0 Å². The SMILES string of the molecule is Cc1c2ccc(N3CC(CS(=O)(=O)F)CC3=O)cc2nn1C. The Morgan fingerprint density at radius 3 is 2.82 bits per heavy atom. The third-order valence-electron chi connectivity index (χ3n) is 4.07. The Morgan fingerprint density at radius 1 is 1.41 bits per heavy atom. The van der Waals surface area contributed by atoms with Crippen molar-refractivity contribution in [3.63, 3.8) is 0 Å². The van der Waals surface area contributed by atoms with Crippen molar-refractivity contribution in [1.29, 1.82) is 0 Å². The first kappa shape index (κ1) is 15.0. The molecule has 1 aromatic heterocycles. The number of hydrogen-bond acceptors (Lipinski definition) is 4. The summed E-state index contributed by atoms with van der Waals surface area (Å²) in [4.78, 5) is 13.6. The fraction of sp³-hybridized carbons (Fsp3) is 0.429. The summed E-state index contributed by atoms with van der Waals surface area (Å²) in [5, 5.41) is 5.37. The minimum Gasteiger partial charge on any atom is -0.312 e. The summed E-state index contributed by atoms with van der Waals surface area (Å²) in [6, 6.07) is 5.49. The molecule has 3 rings (SSSR count). The van der Waals surface area contributed by atoms with Crippen molar-refractivity contribution in [1.82, 2.24) is 9.78 Å². The zero-order valence-electron chi connectivity index (χ0n) is 12.3. The van der Waals surface area contributed by atoms with Crippen molar-refractivity contribution >= 4 is 32.7 Å². The van der Waals surface area contributed by atoms with Crippen molar-refractivity contribution < 1.29 is 17.1 Å². The van der Waals surface area contributed by atoms with E-state index in [1.54, 1.807) is 16.8 Å². The molecule has 0 radical (unpaired) electrons. The Labute approximate surface area is 127 Å². The van der Waals surface area contributed by atoms with Crippen molar-refractivity contribution in [3.8, 4) is 0 Å². The van der Waals surface area contributed by atoms with E-state index in [1.807, 2.05) is 20.0 Å². The number of halogens is 1. The van der Waals surface area contributed by atoms with E-state index in [0.717, 1.165) is 16.6 Å². The topological polar surface area (TPSA) is 72.3 Å². The molecule has 1 fully saturated rings. The number of anilines is 1. The van der Waals surface area contributed by atoms with Crippen molar-refractivity contribution in [3.05, 3.63) is 23.9 Å². The summed E-state index contributed by atoms with van der Waals surface area (Å²) >= 11 is 0. The van der Waals surface area contributed by atoms with Crippen LogP contribution in [0, 0.1) is 12.8 Å². The molecule has 118 valence electrons. The Balaban J connectivity index is 1.89. The molecule has 1 aliphatic rings. The van der Waals surface area contributed by atoms with Gasteiger partial charge in [-0.25, -0.2) is 0 Å². The number of carbonyl (C=O) groups is 1. The molecule has 22 heavy (non-hydrogen) atoms. The van der Waals surface area contributed by atoms with Crippen LogP contribution in [0.25, 0.3) is 10.9 Å². The average Bonchev–Trinajstić information content (AvgIpc) is 2.88. The molecular weight excluding hydrogens is 309 g/mol. The Bertz CT molecular complexity index is 860. The van der Waals surface area contributed by atoms with Gasteiger partial charge in [-0.15, -0.1) is 3.89 Å². The number of hydrogen-bond donors (Lipinski definition) is 0. The van der Waals surface area contributed by atoms with Crippen LogP contribution in [0.3, 0.4) is 0 Å². The summed E-state index contributed by atoms with van der Waals surface area (Å²) in [5.41, 5.74) is 2.46. The van der Waals surface area contributed by atoms with E-state index < -0.39 is 21.9 Å². The highest BCUT2D eigenvalue weighted by atomic mass is 32.3. The van der Waals surface area contributed by atoms with Crippen LogP contribution in [0.2, 0.25) is 0 Å². The zero-order valence-corrected chi connectivity index (χ0v) is 13.1. The summed E-state index contributed by atoms with van der Waals surface area (Å²) in [6.45, 7) is 2.16. The highest BCUT2D eigenvalue weighted by Gasteiger charge is 2.33. The molecule has 1 amide bonds. The quantitative estimate of drug-likeness (QED) is 0.802. The maximum atomic E-state index is 12.8. The van der Waals surface area contributed by atoms with Crippen molar-refractivity contribution in [2.75, 3.05) is 17.2 Å². The second-order valence-electron chi connectivity index (χ2n) is 5.69. The van der Waals surface area contributed by atoms with Crippen LogP contribution in [0.4, 0.5) is 9.57 Å². The maximum Gasteiger partial charge on any atom is 0.302 e. The standard InChI is InChI=1S/C14H16FN3O3S/c1-9-12-4-3-11(6-13(12)16-17(9)2)18-7-10(5-14(18)19)8-22(15,20)21/h3-4,6,10H,5,7-8H2,1-2H3. The minimum atomic E-state index is -4.57. The van der Waals surface area contributed by atoms with E-state index in [1.165, 1.54) is 4.90 Å². The van der Waals surface area contributed by atoms with E-state index in [4.69, 9.17) is 0 Å². The molecule has 8 heteroatoms. The summed E-state index contributed by atoms with van der Waals surface area (Å²) in [7, 11) is -2.72. The number of benzene rings is 1. The van der Waals surface area contributed by atoms with Gasteiger partial charge in [-0.05, 0) is 25.1 Å². The molecule has 2 heterocycles. The number of nitrogens with zero attached hydrogens (tertiary/aromatic N) is 3. The lowest BCUT2D eigenvalue weighted by Gasteiger charge is -2.16. The van der Waals surface area contributed by atoms with Gasteiger partial charge < -0.3 is 4.90 Å². The van der Waals surface area contributed by atoms with Gasteiger partial charge >= 0.3 is 10.2 Å². The monoisotopic (exact) mass is 325 g/mol. The van der Waals surface area contributed by atoms with E-state index in [-0.39, 0.29) is 18.9 Å². The number of aromatic nitrogens is 2. The van der Waals surface area contributed by atoms with Crippen LogP contribution < -0.4 is 4.90 Å². The van der Waals surface area contributed by atoms with Crippen LogP contribution in [0.5, 0.6) is 0 Å². The van der Waals surface area contributed by atoms with E-state index >= 15 is 0 Å². The fourth-order valence-corrected chi connectivity index (χ4v) is 3.70. The first-order valence-corrected chi connectivity index (χ1v) is 8.46. The molecule has 2 aromatic rings. The van der Waals surface area contributed by atoms with Crippen molar-refractivity contribution in [2.24, 2.45) is 13.0 Å². The second-order valence-corrected chi connectivity index (χ2v) is 7.10. The molecule has 0 spiro atoms. The summed E-state index contributed by atoms with van der Waals surface area (Å²) in [6.07, 6.45) is 0.0441. The average molecular weight is 325 g/mol. The molecule has 0 N–H and O–H groups in total. The first-order chi connectivity index (χ1) is 10.2. The van der Waals surface area contributed by atoms with Gasteiger partial charge in [0, 0.05) is 42.7 Å². The third-order valence-corrected chi connectivity index (χ3v) is 4.94. The smallest absolute Gasteiger partial charge is 0.302 e. The van der Waals surface area contributed by atoms with Gasteiger partial charge in [0.2, 0.25) is 5.91 Å². The lowest BCUT2D eigenvalue weighted by molar-refractivity contribution is -0.117. The Kier molecular flexibility index (Phi) is 3.43. The number of rotatable bonds is 3. The zero-order chi connectivity index (χ0) is 16.1. The molecule has 1 aliphatic heterocycles. The van der Waals surface area contributed by atoms with Crippen LogP contribution in [0.1, 0.15) is 12.1 Å². The maximum absolute atomic E-state index is 12.8. The lowest BCUT2D eigenvalue weighted by atomic mass is 10.1. The lowest BCUT2D eigenvalue weighted by Crippen LogP contribution is -2.25. The summed E-state index contributed by atoms with van der Waals surface area (Å²) < 4.78 is 36.0. The Morgan fingerprint density at radius 2 is 2.14 bits per heavy atom. The highest BCUT2D eigenvalue weighted by molar-refractivity contribution is 7.86. The first-order valence-electron chi connectivity index (χ1n) is 6.90. The van der Waals surface area contributed by atoms with E-state index in [9.17, 15) is 17.1 Å². The normalized spacial score (nSPS) is 19.3. The Hall–Kier alpha value is -1.96. The van der Waals surface area contributed by atoms with Gasteiger partial charge in [0.1, 0.15) is 0 Å². The van der Waals surface area contributed by atoms with Gasteiger partial charge in [0.15, 0.2) is 0 Å². The second kappa shape index (κ2) is 5.05. The molecular formula is C14H16FN3O3S. The highest BCUT2D eigenvalue weighted by Crippen LogP contribution is 2.29. The molecule has 1 unspecified atom stereocenters. The molecule has 1 saturated heterocycles. The molecule has 1 aromatic carbocycles. The third kappa shape index (κ3) is 2.70. The number of aryl methyl sites for hydroxylation is 2. The van der Waals surface area contributed by atoms with Crippen LogP contribution in [0.15, 0.2) is 18.2 Å². The van der Waals surface area contributed by atoms with E-state index in [0.29, 0.717) is 5.69 Å². The molecule has 6 nitrogen and oxygen atoms in total. The van der Waals surface area contributed by atoms with Crippen LogP contribution in [-0.4, -0.2) is 36.4 Å². The molecule has 0 bridgehead atoms. The predicted molar refractivity (Wildman–Crippen MR) is 80.8 cm³/mol.